The number of nitrogens with one attached hydrogen (secondary N) is 1. The van der Waals surface area contributed by atoms with Gasteiger partial charge < -0.3 is 15.5 Å². The van der Waals surface area contributed by atoms with Crippen molar-refractivity contribution in [1.29, 1.82) is 0 Å². The van der Waals surface area contributed by atoms with Crippen molar-refractivity contribution in [1.82, 2.24) is 5.32 Å². The summed E-state index contributed by atoms with van der Waals surface area (Å²) in [5.74, 6) is 0.797. The van der Waals surface area contributed by atoms with Gasteiger partial charge in [0.25, 0.3) is 5.91 Å². The predicted molar refractivity (Wildman–Crippen MR) is 74.8 cm³/mol. The molecule has 2 aromatic rings. The summed E-state index contributed by atoms with van der Waals surface area (Å²) in [6, 6.07) is 10.9. The molecule has 0 spiro atoms. The van der Waals surface area contributed by atoms with Crippen molar-refractivity contribution in [2.75, 3.05) is 5.73 Å². The fraction of sp³-hybridized carbons (Fsp3) is 0.267. The summed E-state index contributed by atoms with van der Waals surface area (Å²) in [6.45, 7) is 1.97. The molecule has 0 aliphatic carbocycles. The number of carbonyl (C=O) groups is 1. The Labute approximate surface area is 112 Å². The number of rotatable bonds is 5. The third kappa shape index (κ3) is 3.61. The lowest BCUT2D eigenvalue weighted by Crippen LogP contribution is -2.33. The average Bonchev–Trinajstić information content (AvgIpc) is 2.90. The van der Waals surface area contributed by atoms with E-state index in [0.717, 1.165) is 18.6 Å². The van der Waals surface area contributed by atoms with Crippen LogP contribution >= 0.6 is 0 Å². The zero-order valence-corrected chi connectivity index (χ0v) is 10.9. The molecule has 100 valence electrons. The topological polar surface area (TPSA) is 68.3 Å². The molecular weight excluding hydrogens is 240 g/mol. The second kappa shape index (κ2) is 6.09. The number of nitrogens with two attached hydrogens (primary N) is 1. The number of hydrogen-bond donors (Lipinski definition) is 2. The predicted octanol–water partition coefficient (Wildman–Crippen LogP) is 2.61. The van der Waals surface area contributed by atoms with Gasteiger partial charge in [0.05, 0.1) is 11.8 Å². The maximum Gasteiger partial charge on any atom is 0.253 e. The van der Waals surface area contributed by atoms with Gasteiger partial charge in [0.15, 0.2) is 0 Å². The summed E-state index contributed by atoms with van der Waals surface area (Å²) >= 11 is 0. The number of nitrogen functional groups attached to an aromatic ring is 1. The van der Waals surface area contributed by atoms with Crippen molar-refractivity contribution in [3.05, 3.63) is 54.0 Å². The molecule has 1 aromatic heterocycles. The van der Waals surface area contributed by atoms with Crippen LogP contribution in [0.3, 0.4) is 0 Å². The van der Waals surface area contributed by atoms with Gasteiger partial charge in [0.2, 0.25) is 0 Å². The number of amides is 1. The first-order valence-corrected chi connectivity index (χ1v) is 6.34. The number of aryl methyl sites for hydroxylation is 1. The van der Waals surface area contributed by atoms with E-state index in [1.807, 2.05) is 25.1 Å². The number of hydrogen-bond acceptors (Lipinski definition) is 3. The summed E-state index contributed by atoms with van der Waals surface area (Å²) < 4.78 is 5.26. The maximum absolute atomic E-state index is 12.0. The highest BCUT2D eigenvalue weighted by molar-refractivity contribution is 5.99. The van der Waals surface area contributed by atoms with Crippen LogP contribution in [0.15, 0.2) is 47.1 Å². The van der Waals surface area contributed by atoms with Crippen LogP contribution in [0.25, 0.3) is 0 Å². The van der Waals surface area contributed by atoms with Crippen molar-refractivity contribution < 1.29 is 9.21 Å². The standard InChI is InChI=1S/C15H18N2O2/c1-11(8-9-12-5-4-10-19-12)17-15(18)13-6-2-3-7-14(13)16/h2-7,10-11H,8-9,16H2,1H3,(H,17,18). The third-order valence-corrected chi connectivity index (χ3v) is 2.99. The first-order valence-electron chi connectivity index (χ1n) is 6.34. The number of anilines is 1. The highest BCUT2D eigenvalue weighted by atomic mass is 16.3. The monoisotopic (exact) mass is 258 g/mol. The van der Waals surface area contributed by atoms with Gasteiger partial charge >= 0.3 is 0 Å². The van der Waals surface area contributed by atoms with Gasteiger partial charge in [-0.2, -0.15) is 0 Å². The Bertz CT molecular complexity index is 535. The highest BCUT2D eigenvalue weighted by Gasteiger charge is 2.12. The van der Waals surface area contributed by atoms with Crippen molar-refractivity contribution in [2.45, 2.75) is 25.8 Å². The molecule has 19 heavy (non-hydrogen) atoms. The number of para-hydroxylation sites is 1. The van der Waals surface area contributed by atoms with Gasteiger partial charge in [-0.1, -0.05) is 12.1 Å². The highest BCUT2D eigenvalue weighted by Crippen LogP contribution is 2.11. The molecule has 0 fully saturated rings. The van der Waals surface area contributed by atoms with E-state index in [-0.39, 0.29) is 11.9 Å². The number of carbonyl (C=O) groups excluding carboxylic acids is 1. The Morgan fingerprint density at radius 1 is 1.32 bits per heavy atom. The molecule has 0 saturated heterocycles. The fourth-order valence-electron chi connectivity index (χ4n) is 1.89. The zero-order valence-electron chi connectivity index (χ0n) is 10.9. The van der Waals surface area contributed by atoms with E-state index in [1.54, 1.807) is 24.5 Å². The molecule has 4 heteroatoms. The molecule has 4 nitrogen and oxygen atoms in total. The first-order chi connectivity index (χ1) is 9.16. The molecule has 2 rings (SSSR count). The van der Waals surface area contributed by atoms with Gasteiger partial charge in [0, 0.05) is 18.2 Å². The quantitative estimate of drug-likeness (QED) is 0.810. The molecular formula is C15H18N2O2. The van der Waals surface area contributed by atoms with E-state index >= 15 is 0 Å². The first kappa shape index (κ1) is 13.2. The maximum atomic E-state index is 12.0. The normalized spacial score (nSPS) is 12.1. The van der Waals surface area contributed by atoms with Gasteiger partial charge in [-0.15, -0.1) is 0 Å². The Morgan fingerprint density at radius 3 is 2.79 bits per heavy atom. The SMILES string of the molecule is CC(CCc1ccco1)NC(=O)c1ccccc1N. The fourth-order valence-corrected chi connectivity index (χ4v) is 1.89. The molecule has 1 amide bonds. The summed E-state index contributed by atoms with van der Waals surface area (Å²) in [6.07, 6.45) is 3.29. The molecule has 0 bridgehead atoms. The number of furan rings is 1. The van der Waals surface area contributed by atoms with Crippen LogP contribution < -0.4 is 11.1 Å². The smallest absolute Gasteiger partial charge is 0.253 e. The molecule has 1 unspecified atom stereocenters. The summed E-state index contributed by atoms with van der Waals surface area (Å²) in [7, 11) is 0. The summed E-state index contributed by atoms with van der Waals surface area (Å²) in [5, 5.41) is 2.94. The molecule has 0 radical (unpaired) electrons. The van der Waals surface area contributed by atoms with E-state index in [9.17, 15) is 4.79 Å². The molecule has 3 N–H and O–H groups in total. The lowest BCUT2D eigenvalue weighted by atomic mass is 10.1. The van der Waals surface area contributed by atoms with E-state index in [1.165, 1.54) is 0 Å². The van der Waals surface area contributed by atoms with Crippen LogP contribution in [-0.2, 0) is 6.42 Å². The van der Waals surface area contributed by atoms with Crippen LogP contribution in [-0.4, -0.2) is 11.9 Å². The molecule has 1 atom stereocenters. The average molecular weight is 258 g/mol. The van der Waals surface area contributed by atoms with E-state index in [2.05, 4.69) is 5.32 Å². The van der Waals surface area contributed by atoms with Crippen molar-refractivity contribution in [2.24, 2.45) is 0 Å². The molecule has 1 aromatic carbocycles. The van der Waals surface area contributed by atoms with E-state index in [0.29, 0.717) is 11.3 Å². The van der Waals surface area contributed by atoms with Crippen molar-refractivity contribution in [3.8, 4) is 0 Å². The molecule has 0 saturated carbocycles. The summed E-state index contributed by atoms with van der Waals surface area (Å²) in [4.78, 5) is 12.0. The van der Waals surface area contributed by atoms with E-state index in [4.69, 9.17) is 10.2 Å². The second-order valence-electron chi connectivity index (χ2n) is 4.58. The van der Waals surface area contributed by atoms with Crippen LogP contribution in [0.4, 0.5) is 5.69 Å². The number of benzene rings is 1. The third-order valence-electron chi connectivity index (χ3n) is 2.99. The Hall–Kier alpha value is -2.23. The molecule has 0 aliphatic heterocycles. The molecule has 1 heterocycles. The minimum atomic E-state index is -0.134. The van der Waals surface area contributed by atoms with Crippen molar-refractivity contribution >= 4 is 11.6 Å². The lowest BCUT2D eigenvalue weighted by Gasteiger charge is -2.14. The minimum absolute atomic E-state index is 0.0669. The minimum Gasteiger partial charge on any atom is -0.469 e. The Kier molecular flexibility index (Phi) is 4.23. The van der Waals surface area contributed by atoms with Gasteiger partial charge in [-0.05, 0) is 37.6 Å². The van der Waals surface area contributed by atoms with Crippen LogP contribution in [0.2, 0.25) is 0 Å². The van der Waals surface area contributed by atoms with Gasteiger partial charge in [0.1, 0.15) is 5.76 Å². The van der Waals surface area contributed by atoms with Gasteiger partial charge in [-0.3, -0.25) is 4.79 Å². The van der Waals surface area contributed by atoms with Gasteiger partial charge in [-0.25, -0.2) is 0 Å². The zero-order chi connectivity index (χ0) is 13.7. The van der Waals surface area contributed by atoms with Crippen molar-refractivity contribution in [3.63, 3.8) is 0 Å². The Balaban J connectivity index is 1.87. The second-order valence-corrected chi connectivity index (χ2v) is 4.58. The van der Waals surface area contributed by atoms with Crippen LogP contribution in [0, 0.1) is 0 Å². The lowest BCUT2D eigenvalue weighted by molar-refractivity contribution is 0.0939. The Morgan fingerprint density at radius 2 is 2.11 bits per heavy atom. The van der Waals surface area contributed by atoms with Crippen LogP contribution in [0.5, 0.6) is 0 Å². The summed E-state index contributed by atoms with van der Waals surface area (Å²) in [5.41, 5.74) is 6.79. The molecule has 0 aliphatic rings. The van der Waals surface area contributed by atoms with E-state index < -0.39 is 0 Å². The largest absolute Gasteiger partial charge is 0.469 e. The van der Waals surface area contributed by atoms with Crippen LogP contribution in [0.1, 0.15) is 29.5 Å².